The van der Waals surface area contributed by atoms with Crippen molar-refractivity contribution in [2.75, 3.05) is 12.4 Å². The van der Waals surface area contributed by atoms with E-state index in [9.17, 15) is 19.7 Å². The van der Waals surface area contributed by atoms with E-state index in [2.05, 4.69) is 5.32 Å². The fourth-order valence-electron chi connectivity index (χ4n) is 2.30. The van der Waals surface area contributed by atoms with Crippen molar-refractivity contribution in [3.8, 4) is 0 Å². The van der Waals surface area contributed by atoms with Crippen molar-refractivity contribution >= 4 is 56.3 Å². The van der Waals surface area contributed by atoms with E-state index in [-0.39, 0.29) is 11.3 Å². The summed E-state index contributed by atoms with van der Waals surface area (Å²) in [5.41, 5.74) is 0.705. The molecule has 3 aromatic rings. The van der Waals surface area contributed by atoms with E-state index in [1.54, 1.807) is 18.2 Å². The van der Waals surface area contributed by atoms with Crippen LogP contribution >= 0.6 is 22.9 Å². The van der Waals surface area contributed by atoms with Gasteiger partial charge < -0.3 is 10.1 Å². The van der Waals surface area contributed by atoms with Crippen LogP contribution in [0.15, 0.2) is 42.5 Å². The Bertz CT molecular complexity index is 1030. The summed E-state index contributed by atoms with van der Waals surface area (Å²) >= 11 is 7.36. The summed E-state index contributed by atoms with van der Waals surface area (Å²) in [5.74, 6) is -0.928. The number of rotatable bonds is 4. The lowest BCUT2D eigenvalue weighted by atomic mass is 10.2. The number of nitrogens with one attached hydrogen (secondary N) is 1. The number of hydrogen-bond donors (Lipinski definition) is 1. The monoisotopic (exact) mass is 390 g/mol. The Hall–Kier alpha value is -2.97. The van der Waals surface area contributed by atoms with Crippen LogP contribution in [0.1, 0.15) is 20.0 Å². The van der Waals surface area contributed by atoms with Gasteiger partial charge in [0.2, 0.25) is 0 Å². The Morgan fingerprint density at radius 3 is 2.50 bits per heavy atom. The molecule has 1 amide bonds. The number of carbonyl (C=O) groups excluding carboxylic acids is 2. The van der Waals surface area contributed by atoms with E-state index in [0.717, 1.165) is 4.70 Å². The van der Waals surface area contributed by atoms with Gasteiger partial charge >= 0.3 is 5.97 Å². The van der Waals surface area contributed by atoms with Gasteiger partial charge in [-0.05, 0) is 30.3 Å². The van der Waals surface area contributed by atoms with Gasteiger partial charge in [0.15, 0.2) is 0 Å². The third kappa shape index (κ3) is 3.37. The van der Waals surface area contributed by atoms with Crippen molar-refractivity contribution in [3.63, 3.8) is 0 Å². The molecule has 0 unspecified atom stereocenters. The topological polar surface area (TPSA) is 98.5 Å². The number of non-ortho nitro benzene ring substituents is 1. The van der Waals surface area contributed by atoms with Gasteiger partial charge in [0.05, 0.1) is 17.1 Å². The van der Waals surface area contributed by atoms with Crippen LogP contribution in [0.3, 0.4) is 0 Å². The van der Waals surface area contributed by atoms with E-state index in [1.165, 1.54) is 42.7 Å². The Balaban J connectivity index is 1.85. The first-order chi connectivity index (χ1) is 12.4. The number of nitrogens with zero attached hydrogens (tertiary/aromatic N) is 1. The molecule has 0 aliphatic heterocycles. The van der Waals surface area contributed by atoms with E-state index >= 15 is 0 Å². The zero-order valence-corrected chi connectivity index (χ0v) is 14.9. The average Bonchev–Trinajstić information content (AvgIpc) is 2.97. The van der Waals surface area contributed by atoms with Gasteiger partial charge in [0.25, 0.3) is 11.6 Å². The Kier molecular flexibility index (Phi) is 4.88. The summed E-state index contributed by atoms with van der Waals surface area (Å²) in [5, 5.41) is 14.4. The molecule has 0 radical (unpaired) electrons. The number of anilines is 1. The summed E-state index contributed by atoms with van der Waals surface area (Å²) in [6, 6.07) is 10.3. The van der Waals surface area contributed by atoms with Crippen LogP contribution < -0.4 is 5.32 Å². The van der Waals surface area contributed by atoms with Gasteiger partial charge in [-0.2, -0.15) is 0 Å². The number of esters is 1. The number of hydrogen-bond acceptors (Lipinski definition) is 6. The third-order valence-electron chi connectivity index (χ3n) is 3.60. The van der Waals surface area contributed by atoms with Crippen LogP contribution in [0, 0.1) is 10.1 Å². The maximum atomic E-state index is 12.3. The van der Waals surface area contributed by atoms with Gasteiger partial charge in [0, 0.05) is 33.5 Å². The fraction of sp³-hybridized carbons (Fsp3) is 0.0588. The third-order valence-corrected chi connectivity index (χ3v) is 5.24. The molecule has 0 aliphatic rings. The molecule has 0 spiro atoms. The molecule has 0 saturated heterocycles. The van der Waals surface area contributed by atoms with Crippen LogP contribution in [0.5, 0.6) is 0 Å². The van der Waals surface area contributed by atoms with Crippen molar-refractivity contribution < 1.29 is 19.2 Å². The van der Waals surface area contributed by atoms with Gasteiger partial charge in [-0.1, -0.05) is 11.6 Å². The molecule has 1 N–H and O–H groups in total. The zero-order valence-electron chi connectivity index (χ0n) is 13.3. The number of nitro groups is 1. The molecule has 1 aromatic heterocycles. The maximum Gasteiger partial charge on any atom is 0.349 e. The number of carbonyl (C=O) groups is 2. The molecular weight excluding hydrogens is 380 g/mol. The molecule has 132 valence electrons. The van der Waals surface area contributed by atoms with Crippen molar-refractivity contribution in [2.45, 2.75) is 0 Å². The molecule has 0 bridgehead atoms. The highest BCUT2D eigenvalue weighted by Crippen LogP contribution is 2.37. The standard InChI is InChI=1S/C17H11ClN2O5S/c1-25-17(22)15-14(18)12-7-4-10(8-13(12)26-15)19-16(21)9-2-5-11(6-3-9)20(23)24/h2-8H,1H3,(H,19,21). The predicted molar refractivity (Wildman–Crippen MR) is 99.2 cm³/mol. The van der Waals surface area contributed by atoms with Gasteiger partial charge in [-0.25, -0.2) is 4.79 Å². The van der Waals surface area contributed by atoms with Crippen LogP contribution in [0.25, 0.3) is 10.1 Å². The highest BCUT2D eigenvalue weighted by Gasteiger charge is 2.18. The molecule has 9 heteroatoms. The Labute approximate surface area is 156 Å². The largest absolute Gasteiger partial charge is 0.465 e. The summed E-state index contributed by atoms with van der Waals surface area (Å²) in [6.45, 7) is 0. The van der Waals surface area contributed by atoms with Crippen molar-refractivity contribution in [3.05, 3.63) is 68.0 Å². The smallest absolute Gasteiger partial charge is 0.349 e. The molecular formula is C17H11ClN2O5S. The van der Waals surface area contributed by atoms with Crippen LogP contribution in [0.4, 0.5) is 11.4 Å². The maximum absolute atomic E-state index is 12.3. The van der Waals surface area contributed by atoms with Crippen molar-refractivity contribution in [1.29, 1.82) is 0 Å². The van der Waals surface area contributed by atoms with E-state index in [1.807, 2.05) is 0 Å². The Morgan fingerprint density at radius 1 is 1.19 bits per heavy atom. The average molecular weight is 391 g/mol. The molecule has 7 nitrogen and oxygen atoms in total. The predicted octanol–water partition coefficient (Wildman–Crippen LogP) is 4.50. The van der Waals surface area contributed by atoms with Gasteiger partial charge in [-0.15, -0.1) is 11.3 Å². The summed E-state index contributed by atoms with van der Waals surface area (Å²) in [6.07, 6.45) is 0. The fourth-order valence-corrected chi connectivity index (χ4v) is 3.77. The summed E-state index contributed by atoms with van der Waals surface area (Å²) < 4.78 is 5.41. The first kappa shape index (κ1) is 17.8. The second-order valence-corrected chi connectivity index (χ2v) is 6.64. The zero-order chi connectivity index (χ0) is 18.8. The number of fused-ring (bicyclic) bond motifs is 1. The normalized spacial score (nSPS) is 10.5. The van der Waals surface area contributed by atoms with Crippen LogP contribution in [0.2, 0.25) is 5.02 Å². The highest BCUT2D eigenvalue weighted by atomic mass is 35.5. The quantitative estimate of drug-likeness (QED) is 0.401. The van der Waals surface area contributed by atoms with Crippen molar-refractivity contribution in [2.24, 2.45) is 0 Å². The number of nitro benzene ring substituents is 1. The molecule has 3 rings (SSSR count). The van der Waals surface area contributed by atoms with E-state index < -0.39 is 16.8 Å². The SMILES string of the molecule is COC(=O)c1sc2cc(NC(=O)c3ccc([N+](=O)[O-])cc3)ccc2c1Cl. The molecule has 0 aliphatic carbocycles. The van der Waals surface area contributed by atoms with Crippen LogP contribution in [-0.2, 0) is 4.74 Å². The number of methoxy groups -OCH3 is 1. The lowest BCUT2D eigenvalue weighted by Crippen LogP contribution is -2.11. The van der Waals surface area contributed by atoms with Gasteiger partial charge in [-0.3, -0.25) is 14.9 Å². The molecule has 0 saturated carbocycles. The molecule has 0 atom stereocenters. The first-order valence-electron chi connectivity index (χ1n) is 7.27. The lowest BCUT2D eigenvalue weighted by molar-refractivity contribution is -0.384. The lowest BCUT2D eigenvalue weighted by Gasteiger charge is -2.05. The highest BCUT2D eigenvalue weighted by molar-refractivity contribution is 7.21. The number of halogens is 1. The van der Waals surface area contributed by atoms with Crippen LogP contribution in [-0.4, -0.2) is 23.9 Å². The molecule has 26 heavy (non-hydrogen) atoms. The Morgan fingerprint density at radius 2 is 1.88 bits per heavy atom. The van der Waals surface area contributed by atoms with Crippen molar-refractivity contribution in [1.82, 2.24) is 0 Å². The number of thiophene rings is 1. The molecule has 0 fully saturated rings. The van der Waals surface area contributed by atoms with Gasteiger partial charge in [0.1, 0.15) is 4.88 Å². The molecule has 2 aromatic carbocycles. The first-order valence-corrected chi connectivity index (χ1v) is 8.46. The minimum Gasteiger partial charge on any atom is -0.465 e. The minimum absolute atomic E-state index is 0.0912. The summed E-state index contributed by atoms with van der Waals surface area (Å²) in [7, 11) is 1.28. The molecule has 1 heterocycles. The summed E-state index contributed by atoms with van der Waals surface area (Å²) in [4.78, 5) is 34.4. The second kappa shape index (κ2) is 7.11. The second-order valence-electron chi connectivity index (χ2n) is 5.21. The van der Waals surface area contributed by atoms with E-state index in [4.69, 9.17) is 16.3 Å². The number of benzene rings is 2. The minimum atomic E-state index is -0.533. The number of ether oxygens (including phenoxy) is 1. The van der Waals surface area contributed by atoms with E-state index in [0.29, 0.717) is 21.0 Å². The number of amides is 1.